The van der Waals surface area contributed by atoms with Gasteiger partial charge in [-0.05, 0) is 6.07 Å². The van der Waals surface area contributed by atoms with Crippen LogP contribution in [0.1, 0.15) is 10.6 Å². The minimum atomic E-state index is -0.935. The number of nitrogens with one attached hydrogen (secondary N) is 1. The number of hydrogen-bond donors (Lipinski definition) is 3. The lowest BCUT2D eigenvalue weighted by Crippen LogP contribution is -2.34. The van der Waals surface area contributed by atoms with E-state index >= 15 is 0 Å². The van der Waals surface area contributed by atoms with Gasteiger partial charge in [0.2, 0.25) is 0 Å². The van der Waals surface area contributed by atoms with Crippen LogP contribution in [0.4, 0.5) is 10.7 Å². The van der Waals surface area contributed by atoms with Gasteiger partial charge in [-0.25, -0.2) is 4.79 Å². The molecule has 0 bridgehead atoms. The van der Waals surface area contributed by atoms with Crippen LogP contribution in [0, 0.1) is 0 Å². The van der Waals surface area contributed by atoms with Gasteiger partial charge in [-0.15, -0.1) is 0 Å². The number of furan rings is 1. The van der Waals surface area contributed by atoms with E-state index in [0.717, 1.165) is 0 Å². The Labute approximate surface area is 67.5 Å². The smallest absolute Gasteiger partial charge is 0.319 e. The molecule has 3 amide bonds. The maximum absolute atomic E-state index is 10.9. The molecule has 0 radical (unpaired) electrons. The van der Waals surface area contributed by atoms with E-state index in [-0.39, 0.29) is 11.6 Å². The largest absolute Gasteiger partial charge is 0.436 e. The summed E-state index contributed by atoms with van der Waals surface area (Å²) >= 11 is 0. The molecular weight excluding hydrogens is 162 g/mol. The molecule has 0 aromatic carbocycles. The number of nitrogen functional groups attached to an aromatic ring is 1. The number of anilines is 1. The molecule has 1 rings (SSSR count). The molecule has 0 spiro atoms. The zero-order valence-corrected chi connectivity index (χ0v) is 6.03. The zero-order chi connectivity index (χ0) is 9.14. The first-order valence-electron chi connectivity index (χ1n) is 3.05. The Bertz CT molecular complexity index is 318. The first-order chi connectivity index (χ1) is 5.59. The molecular formula is C6H7N3O3. The first kappa shape index (κ1) is 8.12. The van der Waals surface area contributed by atoms with Gasteiger partial charge in [0, 0.05) is 6.07 Å². The van der Waals surface area contributed by atoms with E-state index in [4.69, 9.17) is 15.9 Å². The van der Waals surface area contributed by atoms with Gasteiger partial charge in [-0.1, -0.05) is 0 Å². The SMILES string of the molecule is NC(=O)NC(=O)c1ccc(N)o1. The number of urea groups is 1. The van der Waals surface area contributed by atoms with Crippen molar-refractivity contribution in [1.82, 2.24) is 5.32 Å². The summed E-state index contributed by atoms with van der Waals surface area (Å²) in [6.45, 7) is 0. The monoisotopic (exact) mass is 169 g/mol. The van der Waals surface area contributed by atoms with Crippen LogP contribution in [0.25, 0.3) is 0 Å². The second-order valence-corrected chi connectivity index (χ2v) is 2.02. The Kier molecular flexibility index (Phi) is 2.00. The second kappa shape index (κ2) is 2.95. The molecule has 0 aliphatic heterocycles. The Balaban J connectivity index is 2.72. The van der Waals surface area contributed by atoms with Crippen molar-refractivity contribution < 1.29 is 14.0 Å². The maximum atomic E-state index is 10.9. The van der Waals surface area contributed by atoms with Crippen LogP contribution in [0.2, 0.25) is 0 Å². The third-order valence-electron chi connectivity index (χ3n) is 1.09. The molecule has 0 unspecified atom stereocenters. The fraction of sp³-hybridized carbons (Fsp3) is 0. The molecule has 0 fully saturated rings. The highest BCUT2D eigenvalue weighted by Gasteiger charge is 2.10. The summed E-state index contributed by atoms with van der Waals surface area (Å²) in [4.78, 5) is 21.1. The fourth-order valence-electron chi connectivity index (χ4n) is 0.648. The van der Waals surface area contributed by atoms with Gasteiger partial charge in [0.25, 0.3) is 5.91 Å². The highest BCUT2D eigenvalue weighted by Crippen LogP contribution is 2.08. The van der Waals surface area contributed by atoms with Gasteiger partial charge in [-0.2, -0.15) is 0 Å². The number of nitrogens with two attached hydrogens (primary N) is 2. The lowest BCUT2D eigenvalue weighted by atomic mass is 10.4. The van der Waals surface area contributed by atoms with E-state index in [9.17, 15) is 9.59 Å². The predicted molar refractivity (Wildman–Crippen MR) is 40.2 cm³/mol. The third-order valence-corrected chi connectivity index (χ3v) is 1.09. The van der Waals surface area contributed by atoms with Crippen molar-refractivity contribution in [2.24, 2.45) is 5.73 Å². The van der Waals surface area contributed by atoms with Crippen molar-refractivity contribution in [2.45, 2.75) is 0 Å². The first-order valence-corrected chi connectivity index (χ1v) is 3.05. The summed E-state index contributed by atoms with van der Waals surface area (Å²) < 4.78 is 4.70. The average molecular weight is 169 g/mol. The molecule has 64 valence electrons. The molecule has 0 aliphatic carbocycles. The van der Waals surface area contributed by atoms with E-state index in [1.54, 1.807) is 0 Å². The number of hydrogen-bond acceptors (Lipinski definition) is 4. The van der Waals surface area contributed by atoms with Gasteiger partial charge in [-0.3, -0.25) is 10.1 Å². The molecule has 1 aromatic heterocycles. The fourth-order valence-corrected chi connectivity index (χ4v) is 0.648. The van der Waals surface area contributed by atoms with E-state index in [1.807, 2.05) is 5.32 Å². The number of carbonyl (C=O) groups is 2. The summed E-state index contributed by atoms with van der Waals surface area (Å²) in [6.07, 6.45) is 0. The molecule has 5 N–H and O–H groups in total. The normalized spacial score (nSPS) is 9.33. The Morgan fingerprint density at radius 1 is 1.42 bits per heavy atom. The van der Waals surface area contributed by atoms with Crippen LogP contribution >= 0.6 is 0 Å². The topological polar surface area (TPSA) is 111 Å². The second-order valence-electron chi connectivity index (χ2n) is 2.02. The van der Waals surface area contributed by atoms with Gasteiger partial charge >= 0.3 is 6.03 Å². The van der Waals surface area contributed by atoms with E-state index in [1.165, 1.54) is 12.1 Å². The molecule has 0 saturated heterocycles. The molecule has 6 nitrogen and oxygen atoms in total. The standard InChI is InChI=1S/C6H7N3O3/c7-4-2-1-3(12-4)5(10)9-6(8)11/h1-2H,7H2,(H3,8,9,10,11). The van der Waals surface area contributed by atoms with Crippen LogP contribution in [-0.4, -0.2) is 11.9 Å². The van der Waals surface area contributed by atoms with Crippen LogP contribution in [0.3, 0.4) is 0 Å². The minimum absolute atomic E-state index is 0.0497. The number of primary amides is 1. The molecule has 0 atom stereocenters. The van der Waals surface area contributed by atoms with E-state index in [0.29, 0.717) is 0 Å². The van der Waals surface area contributed by atoms with Gasteiger partial charge in [0.1, 0.15) is 0 Å². The van der Waals surface area contributed by atoms with Crippen molar-refractivity contribution in [3.8, 4) is 0 Å². The van der Waals surface area contributed by atoms with Crippen LogP contribution < -0.4 is 16.8 Å². The summed E-state index contributed by atoms with van der Waals surface area (Å²) in [5, 5.41) is 1.82. The van der Waals surface area contributed by atoms with Crippen molar-refractivity contribution in [1.29, 1.82) is 0 Å². The number of imide groups is 1. The Morgan fingerprint density at radius 2 is 2.08 bits per heavy atom. The summed E-state index contributed by atoms with van der Waals surface area (Å²) in [6, 6.07) is 1.80. The summed E-state index contributed by atoms with van der Waals surface area (Å²) in [5.41, 5.74) is 9.88. The molecule has 6 heteroatoms. The summed E-state index contributed by atoms with van der Waals surface area (Å²) in [7, 11) is 0. The minimum Gasteiger partial charge on any atom is -0.436 e. The van der Waals surface area contributed by atoms with Crippen LogP contribution in [0.15, 0.2) is 16.5 Å². The van der Waals surface area contributed by atoms with Crippen molar-refractivity contribution in [3.63, 3.8) is 0 Å². The van der Waals surface area contributed by atoms with Crippen molar-refractivity contribution in [2.75, 3.05) is 5.73 Å². The Morgan fingerprint density at radius 3 is 2.50 bits per heavy atom. The van der Waals surface area contributed by atoms with Crippen molar-refractivity contribution in [3.05, 3.63) is 17.9 Å². The quantitative estimate of drug-likeness (QED) is 0.534. The molecule has 0 aliphatic rings. The lowest BCUT2D eigenvalue weighted by Gasteiger charge is -1.94. The molecule has 0 saturated carbocycles. The molecule has 1 heterocycles. The maximum Gasteiger partial charge on any atom is 0.319 e. The third kappa shape index (κ3) is 1.75. The van der Waals surface area contributed by atoms with E-state index in [2.05, 4.69) is 0 Å². The van der Waals surface area contributed by atoms with Crippen LogP contribution in [-0.2, 0) is 0 Å². The Hall–Kier alpha value is -1.98. The lowest BCUT2D eigenvalue weighted by molar-refractivity contribution is 0.0940. The summed E-state index contributed by atoms with van der Waals surface area (Å²) in [5.74, 6) is -0.657. The zero-order valence-electron chi connectivity index (χ0n) is 6.03. The van der Waals surface area contributed by atoms with E-state index < -0.39 is 11.9 Å². The average Bonchev–Trinajstić information content (AvgIpc) is 2.34. The number of carbonyl (C=O) groups excluding carboxylic acids is 2. The van der Waals surface area contributed by atoms with Crippen LogP contribution in [0.5, 0.6) is 0 Å². The molecule has 12 heavy (non-hydrogen) atoms. The number of rotatable bonds is 1. The van der Waals surface area contributed by atoms with Crippen molar-refractivity contribution >= 4 is 17.8 Å². The van der Waals surface area contributed by atoms with Gasteiger partial charge in [0.05, 0.1) is 0 Å². The predicted octanol–water partition coefficient (Wildman–Crippen LogP) is -0.330. The molecule has 1 aromatic rings. The number of amides is 3. The van der Waals surface area contributed by atoms with Gasteiger partial charge < -0.3 is 15.9 Å². The highest BCUT2D eigenvalue weighted by molar-refractivity contribution is 6.02. The van der Waals surface area contributed by atoms with Gasteiger partial charge in [0.15, 0.2) is 11.6 Å². The highest BCUT2D eigenvalue weighted by atomic mass is 16.4.